The molecular weight excluding hydrogens is 462 g/mol. The van der Waals surface area contributed by atoms with Crippen molar-refractivity contribution in [2.45, 2.75) is 18.6 Å². The predicted octanol–water partition coefficient (Wildman–Crippen LogP) is 3.68. The molecule has 0 aliphatic heterocycles. The number of benzene rings is 1. The Morgan fingerprint density at radius 3 is 2.85 bits per heavy atom. The number of thiophene rings is 1. The number of Topliss-reactive ketones (excluding diaryl/α,β-unsaturated/α-hetero) is 1. The minimum absolute atomic E-state index is 0.0734. The molecule has 0 saturated carbocycles. The lowest BCUT2D eigenvalue weighted by Crippen LogP contribution is -2.23. The maximum Gasteiger partial charge on any atom is 0.273 e. The summed E-state index contributed by atoms with van der Waals surface area (Å²) in [5.74, 6) is 0.756. The summed E-state index contributed by atoms with van der Waals surface area (Å²) in [7, 11) is 0. The quantitative estimate of drug-likeness (QED) is 0.280. The van der Waals surface area contributed by atoms with Crippen LogP contribution in [-0.4, -0.2) is 36.6 Å². The number of carbonyl (C=O) groups excluding carboxylic acids is 2. The van der Waals surface area contributed by atoms with Crippen molar-refractivity contribution in [2.75, 3.05) is 11.1 Å². The molecule has 5 aromatic rings. The monoisotopic (exact) mass is 479 g/mol. The molecule has 0 radical (unpaired) electrons. The van der Waals surface area contributed by atoms with Crippen LogP contribution in [0.3, 0.4) is 0 Å². The number of carbonyl (C=O) groups is 2. The first kappa shape index (κ1) is 21.2. The van der Waals surface area contributed by atoms with Crippen molar-refractivity contribution in [3.05, 3.63) is 75.8 Å². The van der Waals surface area contributed by atoms with Crippen molar-refractivity contribution >= 4 is 56.5 Å². The van der Waals surface area contributed by atoms with Gasteiger partial charge in [0.05, 0.1) is 24.1 Å². The lowest BCUT2D eigenvalue weighted by Gasteiger charge is -2.08. The van der Waals surface area contributed by atoms with Crippen LogP contribution < -0.4 is 10.9 Å². The zero-order valence-corrected chi connectivity index (χ0v) is 19.0. The molecular formula is C22H17N5O4S2. The molecule has 0 fully saturated rings. The fourth-order valence-electron chi connectivity index (χ4n) is 3.44. The van der Waals surface area contributed by atoms with E-state index < -0.39 is 0 Å². The lowest BCUT2D eigenvalue weighted by atomic mass is 10.1. The Hall–Kier alpha value is -3.70. The van der Waals surface area contributed by atoms with E-state index in [0.29, 0.717) is 38.2 Å². The number of hydrogen-bond donors (Lipinski definition) is 1. The van der Waals surface area contributed by atoms with Gasteiger partial charge in [0.2, 0.25) is 11.7 Å². The van der Waals surface area contributed by atoms with Gasteiger partial charge >= 0.3 is 0 Å². The number of ketones is 1. The Balaban J connectivity index is 1.43. The van der Waals surface area contributed by atoms with E-state index in [1.807, 2.05) is 11.4 Å². The minimum atomic E-state index is -0.247. The molecule has 11 heteroatoms. The van der Waals surface area contributed by atoms with Crippen molar-refractivity contribution in [2.24, 2.45) is 0 Å². The molecule has 0 saturated heterocycles. The van der Waals surface area contributed by atoms with E-state index in [-0.39, 0.29) is 29.5 Å². The smallest absolute Gasteiger partial charge is 0.273 e. The average molecular weight is 480 g/mol. The number of amides is 1. The number of hydrogen-bond acceptors (Lipinski definition) is 8. The number of nitrogens with one attached hydrogen (secondary N) is 1. The van der Waals surface area contributed by atoms with E-state index in [1.54, 1.807) is 47.1 Å². The predicted molar refractivity (Wildman–Crippen MR) is 126 cm³/mol. The normalized spacial score (nSPS) is 11.3. The number of aromatic nitrogens is 4. The highest BCUT2D eigenvalue weighted by molar-refractivity contribution is 7.99. The van der Waals surface area contributed by atoms with Gasteiger partial charge in [0.1, 0.15) is 10.5 Å². The van der Waals surface area contributed by atoms with Gasteiger partial charge in [-0.3, -0.25) is 23.4 Å². The maximum absolute atomic E-state index is 13.0. The molecule has 0 spiro atoms. The first-order chi connectivity index (χ1) is 16.0. The summed E-state index contributed by atoms with van der Waals surface area (Å²) in [6.07, 6.45) is 1.55. The average Bonchev–Trinajstić information content (AvgIpc) is 3.56. The largest absolute Gasteiger partial charge is 0.467 e. The second-order valence-electron chi connectivity index (χ2n) is 7.20. The van der Waals surface area contributed by atoms with E-state index in [2.05, 4.69) is 15.5 Å². The van der Waals surface area contributed by atoms with Crippen molar-refractivity contribution < 1.29 is 14.0 Å². The van der Waals surface area contributed by atoms with Gasteiger partial charge in [-0.25, -0.2) is 0 Å². The second-order valence-corrected chi connectivity index (χ2v) is 9.06. The maximum atomic E-state index is 13.0. The Bertz CT molecular complexity index is 1550. The zero-order valence-electron chi connectivity index (χ0n) is 17.3. The van der Waals surface area contributed by atoms with Crippen LogP contribution in [0.25, 0.3) is 16.0 Å². The van der Waals surface area contributed by atoms with Gasteiger partial charge in [0, 0.05) is 11.3 Å². The van der Waals surface area contributed by atoms with E-state index >= 15 is 0 Å². The number of fused-ring (bicyclic) bond motifs is 3. The second kappa shape index (κ2) is 8.68. The summed E-state index contributed by atoms with van der Waals surface area (Å²) in [6, 6.07) is 12.2. The van der Waals surface area contributed by atoms with E-state index in [9.17, 15) is 14.4 Å². The van der Waals surface area contributed by atoms with Gasteiger partial charge in [0.15, 0.2) is 10.9 Å². The summed E-state index contributed by atoms with van der Waals surface area (Å²) >= 11 is 2.55. The van der Waals surface area contributed by atoms with Crippen molar-refractivity contribution in [3.63, 3.8) is 0 Å². The number of thioether (sulfide) groups is 1. The van der Waals surface area contributed by atoms with Gasteiger partial charge in [0.25, 0.3) is 5.56 Å². The molecule has 166 valence electrons. The summed E-state index contributed by atoms with van der Waals surface area (Å²) < 4.78 is 9.28. The SMILES string of the molecule is CC(=O)c1cccc(NC(=O)CSc2nnc3n(Cc4ccco4)c(=O)c4sccc4n23)c1. The summed E-state index contributed by atoms with van der Waals surface area (Å²) in [5, 5.41) is 13.6. The third-order valence-corrected chi connectivity index (χ3v) is 6.78. The third kappa shape index (κ3) is 4.08. The fraction of sp³-hybridized carbons (Fsp3) is 0.136. The van der Waals surface area contributed by atoms with Crippen molar-refractivity contribution in [1.82, 2.24) is 19.2 Å². The molecule has 4 aromatic heterocycles. The molecule has 1 aromatic carbocycles. The molecule has 4 heterocycles. The molecule has 1 amide bonds. The lowest BCUT2D eigenvalue weighted by molar-refractivity contribution is -0.113. The molecule has 0 atom stereocenters. The van der Waals surface area contributed by atoms with Gasteiger partial charge in [-0.2, -0.15) is 0 Å². The number of furan rings is 1. The van der Waals surface area contributed by atoms with Crippen LogP contribution in [0.5, 0.6) is 0 Å². The van der Waals surface area contributed by atoms with Crippen LogP contribution in [0.4, 0.5) is 5.69 Å². The highest BCUT2D eigenvalue weighted by atomic mass is 32.2. The molecule has 0 bridgehead atoms. The van der Waals surface area contributed by atoms with Crippen LogP contribution in [0.1, 0.15) is 23.0 Å². The topological polar surface area (TPSA) is 112 Å². The van der Waals surface area contributed by atoms with Gasteiger partial charge in [-0.15, -0.1) is 21.5 Å². The van der Waals surface area contributed by atoms with Gasteiger partial charge < -0.3 is 9.73 Å². The van der Waals surface area contributed by atoms with Crippen LogP contribution >= 0.6 is 23.1 Å². The molecule has 5 rings (SSSR count). The number of rotatable bonds is 7. The summed E-state index contributed by atoms with van der Waals surface area (Å²) in [6.45, 7) is 1.70. The molecule has 33 heavy (non-hydrogen) atoms. The summed E-state index contributed by atoms with van der Waals surface area (Å²) in [4.78, 5) is 37.1. The van der Waals surface area contributed by atoms with Gasteiger partial charge in [-0.1, -0.05) is 23.9 Å². The Morgan fingerprint density at radius 1 is 1.18 bits per heavy atom. The zero-order chi connectivity index (χ0) is 22.9. The van der Waals surface area contributed by atoms with Crippen LogP contribution in [0, 0.1) is 0 Å². The Kier molecular flexibility index (Phi) is 5.56. The molecule has 1 N–H and O–H groups in total. The van der Waals surface area contributed by atoms with Gasteiger partial charge in [-0.05, 0) is 42.6 Å². The standard InChI is InChI=1S/C22H17N5O4S2/c1-13(28)14-4-2-5-15(10-14)23-18(29)12-33-22-25-24-21-26(11-16-6-3-8-31-16)20(30)19-17(27(21)22)7-9-32-19/h2-10H,11-12H2,1H3,(H,23,29). The molecule has 0 unspecified atom stereocenters. The van der Waals surface area contributed by atoms with Crippen molar-refractivity contribution in [3.8, 4) is 0 Å². The minimum Gasteiger partial charge on any atom is -0.467 e. The van der Waals surface area contributed by atoms with E-state index in [1.165, 1.54) is 34.6 Å². The summed E-state index contributed by atoms with van der Waals surface area (Å²) in [5.41, 5.74) is 1.60. The Morgan fingerprint density at radius 2 is 2.06 bits per heavy atom. The highest BCUT2D eigenvalue weighted by Crippen LogP contribution is 2.25. The fourth-order valence-corrected chi connectivity index (χ4v) is 5.00. The van der Waals surface area contributed by atoms with Crippen LogP contribution in [-0.2, 0) is 11.3 Å². The van der Waals surface area contributed by atoms with Crippen LogP contribution in [0.15, 0.2) is 68.5 Å². The molecule has 0 aliphatic carbocycles. The number of anilines is 1. The molecule has 0 aliphatic rings. The first-order valence-corrected chi connectivity index (χ1v) is 11.8. The van der Waals surface area contributed by atoms with E-state index in [0.717, 1.165) is 0 Å². The van der Waals surface area contributed by atoms with Crippen molar-refractivity contribution in [1.29, 1.82) is 0 Å². The third-order valence-electron chi connectivity index (χ3n) is 4.96. The highest BCUT2D eigenvalue weighted by Gasteiger charge is 2.19. The number of nitrogens with zero attached hydrogens (tertiary/aromatic N) is 4. The van der Waals surface area contributed by atoms with Crippen LogP contribution in [0.2, 0.25) is 0 Å². The molecule has 9 nitrogen and oxygen atoms in total. The Labute approximate surface area is 195 Å². The first-order valence-electron chi connectivity index (χ1n) is 9.92. The van der Waals surface area contributed by atoms with E-state index in [4.69, 9.17) is 4.42 Å².